The second-order valence-corrected chi connectivity index (χ2v) is 10.9. The van der Waals surface area contributed by atoms with Gasteiger partial charge >= 0.3 is 0 Å². The first-order valence-electron chi connectivity index (χ1n) is 10.4. The number of amides is 1. The Labute approximate surface area is 190 Å². The van der Waals surface area contributed by atoms with E-state index < -0.39 is 0 Å². The average Bonchev–Trinajstić information content (AvgIpc) is 3.10. The Hall–Kier alpha value is -1.44. The first kappa shape index (κ1) is 21.8. The van der Waals surface area contributed by atoms with Gasteiger partial charge in [0.1, 0.15) is 0 Å². The number of nitrogens with one attached hydrogen (secondary N) is 1. The molecule has 1 saturated carbocycles. The van der Waals surface area contributed by atoms with Gasteiger partial charge in [-0.2, -0.15) is 0 Å². The molecular formula is C22H26ClN3O2S2. The summed E-state index contributed by atoms with van der Waals surface area (Å²) in [5, 5.41) is 4.56. The lowest BCUT2D eigenvalue weighted by Crippen LogP contribution is -2.30. The molecule has 1 aliphatic carbocycles. The van der Waals surface area contributed by atoms with E-state index in [1.54, 1.807) is 17.8 Å². The van der Waals surface area contributed by atoms with Crippen molar-refractivity contribution in [1.82, 2.24) is 9.55 Å². The summed E-state index contributed by atoms with van der Waals surface area (Å²) >= 11 is 9.14. The van der Waals surface area contributed by atoms with Gasteiger partial charge in [-0.05, 0) is 37.5 Å². The molecule has 2 heterocycles. The van der Waals surface area contributed by atoms with E-state index in [9.17, 15) is 9.59 Å². The zero-order valence-electron chi connectivity index (χ0n) is 17.2. The van der Waals surface area contributed by atoms with Crippen molar-refractivity contribution in [1.29, 1.82) is 0 Å². The molecule has 0 bridgehead atoms. The molecule has 160 valence electrons. The quantitative estimate of drug-likeness (QED) is 0.470. The zero-order chi connectivity index (χ0) is 21.3. The molecule has 0 radical (unpaired) electrons. The fourth-order valence-corrected chi connectivity index (χ4v) is 6.24. The van der Waals surface area contributed by atoms with Crippen LogP contribution in [0.25, 0.3) is 0 Å². The number of benzene rings is 1. The molecule has 1 amide bonds. The molecule has 1 N–H and O–H groups in total. The van der Waals surface area contributed by atoms with Crippen LogP contribution < -0.4 is 10.9 Å². The van der Waals surface area contributed by atoms with E-state index in [1.165, 1.54) is 18.2 Å². The Morgan fingerprint density at radius 1 is 1.33 bits per heavy atom. The maximum Gasteiger partial charge on any atom is 0.268 e. The second-order valence-electron chi connectivity index (χ2n) is 8.07. The number of carbonyl (C=O) groups is 1. The van der Waals surface area contributed by atoms with Crippen LogP contribution in [-0.2, 0) is 11.2 Å². The summed E-state index contributed by atoms with van der Waals surface area (Å²) < 4.78 is 1.88. The largest absolute Gasteiger partial charge is 0.325 e. The van der Waals surface area contributed by atoms with Crippen molar-refractivity contribution in [2.45, 2.75) is 73.7 Å². The van der Waals surface area contributed by atoms with Crippen molar-refractivity contribution < 1.29 is 4.79 Å². The van der Waals surface area contributed by atoms with E-state index in [-0.39, 0.29) is 23.3 Å². The Balaban J connectivity index is 1.54. The van der Waals surface area contributed by atoms with E-state index in [0.717, 1.165) is 48.3 Å². The minimum atomic E-state index is -0.132. The van der Waals surface area contributed by atoms with Crippen LogP contribution in [0, 0.1) is 6.92 Å². The fraction of sp³-hybridized carbons (Fsp3) is 0.500. The molecule has 2 aromatic rings. The number of anilines is 1. The third kappa shape index (κ3) is 4.73. The monoisotopic (exact) mass is 463 g/mol. The van der Waals surface area contributed by atoms with Gasteiger partial charge in [-0.3, -0.25) is 14.2 Å². The van der Waals surface area contributed by atoms with Gasteiger partial charge in [0.15, 0.2) is 5.16 Å². The summed E-state index contributed by atoms with van der Waals surface area (Å²) in [4.78, 5) is 31.5. The van der Waals surface area contributed by atoms with Crippen molar-refractivity contribution in [3.63, 3.8) is 0 Å². The van der Waals surface area contributed by atoms with E-state index in [4.69, 9.17) is 16.6 Å². The predicted molar refractivity (Wildman–Crippen MR) is 125 cm³/mol. The lowest BCUT2D eigenvalue weighted by molar-refractivity contribution is -0.113. The number of halogens is 1. The first-order chi connectivity index (χ1) is 14.4. The third-order valence-electron chi connectivity index (χ3n) is 5.64. The number of hydrogen-bond donors (Lipinski definition) is 1. The number of thioether (sulfide) groups is 2. The minimum Gasteiger partial charge on any atom is -0.325 e. The van der Waals surface area contributed by atoms with Gasteiger partial charge in [-0.15, -0.1) is 11.8 Å². The molecular weight excluding hydrogens is 438 g/mol. The molecule has 1 aromatic carbocycles. The maximum atomic E-state index is 13.3. The summed E-state index contributed by atoms with van der Waals surface area (Å²) in [6.07, 6.45) is 6.30. The van der Waals surface area contributed by atoms with Gasteiger partial charge in [0.25, 0.3) is 5.56 Å². The standard InChI is InChI=1S/C22H26ClN3O2S2/c1-13-8-9-15(11-17(13)23)24-19(27)12-29-22-25-18-10-14(2)30-20(18)21(28)26(22)16-6-4-3-5-7-16/h8-9,11,14,16H,3-7,10,12H2,1-2H3,(H,24,27). The van der Waals surface area contributed by atoms with Gasteiger partial charge < -0.3 is 5.32 Å². The zero-order valence-corrected chi connectivity index (χ0v) is 19.6. The number of aromatic nitrogens is 2. The molecule has 5 nitrogen and oxygen atoms in total. The molecule has 0 spiro atoms. The summed E-state index contributed by atoms with van der Waals surface area (Å²) in [5.74, 6) is 0.0687. The normalized spacial score (nSPS) is 19.0. The molecule has 1 atom stereocenters. The van der Waals surface area contributed by atoms with Crippen molar-refractivity contribution in [3.05, 3.63) is 44.8 Å². The highest BCUT2D eigenvalue weighted by Crippen LogP contribution is 2.37. The number of carbonyl (C=O) groups excluding carboxylic acids is 1. The Kier molecular flexibility index (Phi) is 6.80. The van der Waals surface area contributed by atoms with Gasteiger partial charge in [-0.1, -0.05) is 55.6 Å². The Morgan fingerprint density at radius 3 is 2.83 bits per heavy atom. The van der Waals surface area contributed by atoms with Gasteiger partial charge in [-0.25, -0.2) is 4.98 Å². The number of hydrogen-bond acceptors (Lipinski definition) is 5. The average molecular weight is 464 g/mol. The Bertz CT molecular complexity index is 1020. The fourth-order valence-electron chi connectivity index (χ4n) is 4.07. The SMILES string of the molecule is Cc1ccc(NC(=O)CSc2nc3c(c(=O)n2C2CCCCC2)SC(C)C3)cc1Cl. The highest BCUT2D eigenvalue weighted by atomic mass is 35.5. The Morgan fingerprint density at radius 2 is 2.10 bits per heavy atom. The summed E-state index contributed by atoms with van der Waals surface area (Å²) in [5.41, 5.74) is 2.61. The van der Waals surface area contributed by atoms with Gasteiger partial charge in [0, 0.05) is 28.4 Å². The van der Waals surface area contributed by atoms with Crippen LogP contribution in [0.4, 0.5) is 5.69 Å². The van der Waals surface area contributed by atoms with Gasteiger partial charge in [0.05, 0.1) is 16.3 Å². The number of nitrogens with zero attached hydrogens (tertiary/aromatic N) is 2. The van der Waals surface area contributed by atoms with Crippen LogP contribution in [-0.4, -0.2) is 26.5 Å². The number of aryl methyl sites for hydroxylation is 1. The second kappa shape index (κ2) is 9.37. The molecule has 2 aliphatic rings. The van der Waals surface area contributed by atoms with Crippen LogP contribution in [0.1, 0.15) is 56.3 Å². The van der Waals surface area contributed by atoms with Crippen LogP contribution in [0.5, 0.6) is 0 Å². The molecule has 0 saturated heterocycles. The van der Waals surface area contributed by atoms with E-state index >= 15 is 0 Å². The van der Waals surface area contributed by atoms with E-state index in [2.05, 4.69) is 12.2 Å². The first-order valence-corrected chi connectivity index (χ1v) is 12.7. The summed E-state index contributed by atoms with van der Waals surface area (Å²) in [6.45, 7) is 4.05. The van der Waals surface area contributed by atoms with Crippen molar-refractivity contribution in [3.8, 4) is 0 Å². The predicted octanol–water partition coefficient (Wildman–Crippen LogP) is 5.48. The summed E-state index contributed by atoms with van der Waals surface area (Å²) in [7, 11) is 0. The summed E-state index contributed by atoms with van der Waals surface area (Å²) in [6, 6.07) is 5.66. The minimum absolute atomic E-state index is 0.0782. The van der Waals surface area contributed by atoms with Crippen LogP contribution in [0.3, 0.4) is 0 Å². The number of rotatable bonds is 5. The molecule has 30 heavy (non-hydrogen) atoms. The van der Waals surface area contributed by atoms with Crippen molar-refractivity contribution in [2.24, 2.45) is 0 Å². The van der Waals surface area contributed by atoms with E-state index in [0.29, 0.717) is 21.1 Å². The molecule has 1 unspecified atom stereocenters. The van der Waals surface area contributed by atoms with Crippen LogP contribution in [0.15, 0.2) is 33.0 Å². The highest BCUT2D eigenvalue weighted by molar-refractivity contribution is 8.00. The highest BCUT2D eigenvalue weighted by Gasteiger charge is 2.29. The lowest BCUT2D eigenvalue weighted by atomic mass is 9.95. The molecule has 1 aliphatic heterocycles. The van der Waals surface area contributed by atoms with Crippen LogP contribution in [0.2, 0.25) is 5.02 Å². The lowest BCUT2D eigenvalue weighted by Gasteiger charge is -2.26. The number of fused-ring (bicyclic) bond motifs is 1. The van der Waals surface area contributed by atoms with Crippen LogP contribution >= 0.6 is 35.1 Å². The van der Waals surface area contributed by atoms with Crippen molar-refractivity contribution >= 4 is 46.7 Å². The molecule has 1 aromatic heterocycles. The molecule has 8 heteroatoms. The third-order valence-corrected chi connectivity index (χ3v) is 8.21. The maximum absolute atomic E-state index is 13.3. The van der Waals surface area contributed by atoms with Gasteiger partial charge in [0.2, 0.25) is 5.91 Å². The molecule has 1 fully saturated rings. The molecule has 4 rings (SSSR count). The topological polar surface area (TPSA) is 64.0 Å². The van der Waals surface area contributed by atoms with Crippen molar-refractivity contribution in [2.75, 3.05) is 11.1 Å². The van der Waals surface area contributed by atoms with E-state index in [1.807, 2.05) is 23.6 Å². The smallest absolute Gasteiger partial charge is 0.268 e.